The second-order valence-electron chi connectivity index (χ2n) is 6.89. The van der Waals surface area contributed by atoms with E-state index in [4.69, 9.17) is 4.74 Å². The molecule has 0 unspecified atom stereocenters. The number of nitrogens with one attached hydrogen (secondary N) is 2. The Kier molecular flexibility index (Phi) is 7.98. The molecule has 0 atom stereocenters. The zero-order valence-electron chi connectivity index (χ0n) is 17.3. The monoisotopic (exact) mass is 396 g/mol. The van der Waals surface area contributed by atoms with Gasteiger partial charge in [-0.25, -0.2) is 0 Å². The van der Waals surface area contributed by atoms with Gasteiger partial charge >= 0.3 is 0 Å². The van der Waals surface area contributed by atoms with Crippen LogP contribution in [0.3, 0.4) is 0 Å². The molecule has 0 saturated carbocycles. The predicted molar refractivity (Wildman–Crippen MR) is 115 cm³/mol. The van der Waals surface area contributed by atoms with Crippen LogP contribution in [0.1, 0.15) is 36.7 Å². The number of hydrogen-bond acceptors (Lipinski definition) is 4. The third-order valence-electron chi connectivity index (χ3n) is 4.49. The molecular weight excluding hydrogens is 368 g/mol. The van der Waals surface area contributed by atoms with Crippen LogP contribution in [0, 0.1) is 0 Å². The van der Waals surface area contributed by atoms with Crippen molar-refractivity contribution in [2.75, 3.05) is 20.3 Å². The molecule has 29 heavy (non-hydrogen) atoms. The lowest BCUT2D eigenvalue weighted by Crippen LogP contribution is -2.41. The largest absolute Gasteiger partial charge is 0.506 e. The maximum atomic E-state index is 12.6. The number of carbonyl (C=O) groups is 1. The summed E-state index contributed by atoms with van der Waals surface area (Å²) in [7, 11) is 1.52. The quantitative estimate of drug-likeness (QED) is 0.620. The van der Waals surface area contributed by atoms with Crippen molar-refractivity contribution in [3.63, 3.8) is 0 Å². The summed E-state index contributed by atoms with van der Waals surface area (Å²) < 4.78 is 4.90. The summed E-state index contributed by atoms with van der Waals surface area (Å²) in [4.78, 5) is 27.7. The number of carbonyl (C=O) groups excluding carboxylic acids is 1. The number of hydrogen-bond donors (Lipinski definition) is 3. The maximum Gasteiger partial charge on any atom is 0.265 e. The molecule has 0 radical (unpaired) electrons. The van der Waals surface area contributed by atoms with Crippen LogP contribution in [0.25, 0.3) is 11.6 Å². The van der Waals surface area contributed by atoms with E-state index in [0.29, 0.717) is 23.6 Å². The second-order valence-corrected chi connectivity index (χ2v) is 6.89. The Morgan fingerprint density at radius 3 is 2.52 bits per heavy atom. The van der Waals surface area contributed by atoms with Gasteiger partial charge in [0.2, 0.25) is 0 Å². The average molecular weight is 396 g/mol. The van der Waals surface area contributed by atoms with E-state index in [1.54, 1.807) is 0 Å². The van der Waals surface area contributed by atoms with Crippen LogP contribution >= 0.6 is 0 Å². The molecule has 0 fully saturated rings. The Morgan fingerprint density at radius 2 is 1.93 bits per heavy atom. The minimum Gasteiger partial charge on any atom is -0.506 e. The van der Waals surface area contributed by atoms with E-state index in [0.717, 1.165) is 16.7 Å². The van der Waals surface area contributed by atoms with Crippen LogP contribution in [0.2, 0.25) is 0 Å². The number of aromatic nitrogens is 1. The van der Waals surface area contributed by atoms with E-state index < -0.39 is 11.5 Å². The molecule has 3 N–H and O–H groups in total. The minimum absolute atomic E-state index is 0.242. The van der Waals surface area contributed by atoms with E-state index in [-0.39, 0.29) is 17.9 Å². The third-order valence-corrected chi connectivity index (χ3v) is 4.49. The van der Waals surface area contributed by atoms with Crippen LogP contribution < -0.4 is 21.4 Å². The molecule has 1 amide bonds. The van der Waals surface area contributed by atoms with Crippen LogP contribution in [0.4, 0.5) is 0 Å². The van der Waals surface area contributed by atoms with Crippen molar-refractivity contribution in [3.05, 3.63) is 74.0 Å². The second kappa shape index (κ2) is 10.4. The first kappa shape index (κ1) is 22.2. The van der Waals surface area contributed by atoms with Gasteiger partial charge in [0.05, 0.1) is 12.0 Å². The van der Waals surface area contributed by atoms with Crippen molar-refractivity contribution in [1.82, 2.24) is 10.3 Å². The molecule has 1 aromatic heterocycles. The minimum atomic E-state index is -0.635. The Labute approximate surface area is 170 Å². The van der Waals surface area contributed by atoms with E-state index in [2.05, 4.69) is 10.3 Å². The number of allylic oxidation sites excluding steroid dienone is 2. The molecule has 0 aliphatic rings. The van der Waals surface area contributed by atoms with Gasteiger partial charge in [0.25, 0.3) is 11.5 Å². The van der Waals surface area contributed by atoms with Crippen molar-refractivity contribution in [3.8, 4) is 5.75 Å². The molecule has 1 heterocycles. The van der Waals surface area contributed by atoms with Gasteiger partial charge < -0.3 is 20.1 Å². The average Bonchev–Trinajstić information content (AvgIpc) is 2.67. The zero-order valence-corrected chi connectivity index (χ0v) is 17.3. The summed E-state index contributed by atoms with van der Waals surface area (Å²) in [5.74, 6) is -0.949. The number of aromatic amines is 1. The first-order valence-corrected chi connectivity index (χ1v) is 9.49. The van der Waals surface area contributed by atoms with Crippen LogP contribution in [0.5, 0.6) is 5.75 Å². The molecular formula is C23H28N2O4. The van der Waals surface area contributed by atoms with Gasteiger partial charge in [-0.2, -0.15) is 0 Å². The highest BCUT2D eigenvalue weighted by Gasteiger charge is 2.18. The third kappa shape index (κ3) is 5.68. The van der Waals surface area contributed by atoms with Crippen molar-refractivity contribution in [1.29, 1.82) is 0 Å². The normalized spacial score (nSPS) is 12.1. The summed E-state index contributed by atoms with van der Waals surface area (Å²) in [6.07, 6.45) is 4.48. The molecule has 2 rings (SSSR count). The van der Waals surface area contributed by atoms with Crippen molar-refractivity contribution in [2.24, 2.45) is 0 Å². The number of rotatable bonds is 7. The first-order chi connectivity index (χ1) is 13.9. The molecule has 2 aromatic rings. The van der Waals surface area contributed by atoms with Gasteiger partial charge in [-0.3, -0.25) is 9.59 Å². The highest BCUT2D eigenvalue weighted by atomic mass is 16.5. The summed E-state index contributed by atoms with van der Waals surface area (Å²) in [5.41, 5.74) is 1.97. The standard InChI is InChI=1S/C23H28N2O4/c1-5-16(13-17-9-7-6-8-10-17)14-18-19(15(2)3)21(26)20(23(28)25-18)22(27)24-11-12-29-4/h5-10,14,26H,11-13H2,1-4H3,(H,24,27)(H,25,28)/b16-5-,18-14+. The van der Waals surface area contributed by atoms with E-state index in [9.17, 15) is 14.7 Å². The summed E-state index contributed by atoms with van der Waals surface area (Å²) >= 11 is 0. The van der Waals surface area contributed by atoms with Crippen LogP contribution in [-0.2, 0) is 11.2 Å². The first-order valence-electron chi connectivity index (χ1n) is 9.49. The van der Waals surface area contributed by atoms with Crippen molar-refractivity contribution < 1.29 is 14.6 Å². The Balaban J connectivity index is 2.56. The Morgan fingerprint density at radius 1 is 1.24 bits per heavy atom. The molecule has 0 bridgehead atoms. The van der Waals surface area contributed by atoms with Gasteiger partial charge in [0.15, 0.2) is 0 Å². The van der Waals surface area contributed by atoms with Crippen LogP contribution in [-0.4, -0.2) is 36.3 Å². The molecule has 0 spiro atoms. The van der Waals surface area contributed by atoms with Gasteiger partial charge in [-0.15, -0.1) is 0 Å². The lowest BCUT2D eigenvalue weighted by Gasteiger charge is -2.08. The fourth-order valence-corrected chi connectivity index (χ4v) is 3.04. The summed E-state index contributed by atoms with van der Waals surface area (Å²) in [6, 6.07) is 9.97. The predicted octanol–water partition coefficient (Wildman–Crippen LogP) is 1.62. The van der Waals surface area contributed by atoms with E-state index in [1.807, 2.05) is 63.3 Å². The fourth-order valence-electron chi connectivity index (χ4n) is 3.04. The molecule has 6 nitrogen and oxygen atoms in total. The van der Waals surface area contributed by atoms with Gasteiger partial charge in [-0.1, -0.05) is 42.0 Å². The van der Waals surface area contributed by atoms with Gasteiger partial charge in [-0.05, 0) is 44.4 Å². The number of aromatic hydroxyl groups is 1. The number of ether oxygens (including phenoxy) is 1. The number of benzene rings is 1. The maximum absolute atomic E-state index is 12.6. The molecule has 154 valence electrons. The molecule has 1 aromatic carbocycles. The molecule has 0 aliphatic heterocycles. The summed E-state index contributed by atoms with van der Waals surface area (Å²) in [5, 5.41) is 14.3. The molecule has 0 aliphatic carbocycles. The van der Waals surface area contributed by atoms with Crippen LogP contribution in [0.15, 0.2) is 46.8 Å². The lowest BCUT2D eigenvalue weighted by molar-refractivity contribution is 0.0932. The van der Waals surface area contributed by atoms with Gasteiger partial charge in [0, 0.05) is 18.9 Å². The number of amides is 1. The van der Waals surface area contributed by atoms with Crippen molar-refractivity contribution >= 4 is 17.6 Å². The highest BCUT2D eigenvalue weighted by Crippen LogP contribution is 2.10. The Bertz CT molecular complexity index is 1060. The smallest absolute Gasteiger partial charge is 0.265 e. The number of pyridine rings is 1. The zero-order chi connectivity index (χ0) is 21.4. The van der Waals surface area contributed by atoms with Crippen molar-refractivity contribution in [2.45, 2.75) is 27.2 Å². The van der Waals surface area contributed by atoms with Gasteiger partial charge in [0.1, 0.15) is 11.3 Å². The SMILES string of the molecule is C/C=C(\C=c1\[nH]c(=O)c(C(=O)NCCOC)c(O)c1=C(C)C)Cc1ccccc1. The van der Waals surface area contributed by atoms with E-state index >= 15 is 0 Å². The highest BCUT2D eigenvalue weighted by molar-refractivity contribution is 5.96. The summed E-state index contributed by atoms with van der Waals surface area (Å²) in [6.45, 7) is 6.12. The lowest BCUT2D eigenvalue weighted by atomic mass is 10.0. The topological polar surface area (TPSA) is 91.4 Å². The molecule has 0 saturated heterocycles. The fraction of sp³-hybridized carbons (Fsp3) is 0.304. The number of H-pyrrole nitrogens is 1. The van der Waals surface area contributed by atoms with E-state index in [1.165, 1.54) is 7.11 Å². The number of methoxy groups -OCH3 is 1. The molecule has 6 heteroatoms. The Hall–Kier alpha value is -3.12.